The van der Waals surface area contributed by atoms with Gasteiger partial charge >= 0.3 is 6.01 Å². The number of likely N-dealkylation sites (tertiary alicyclic amines) is 1. The van der Waals surface area contributed by atoms with Crippen LogP contribution in [0.3, 0.4) is 0 Å². The van der Waals surface area contributed by atoms with E-state index in [1.165, 1.54) is 13.2 Å². The zero-order valence-corrected chi connectivity index (χ0v) is 25.2. The van der Waals surface area contributed by atoms with Crippen molar-refractivity contribution in [3.8, 4) is 17.3 Å². The molecule has 1 atom stereocenters. The second kappa shape index (κ2) is 10.8. The first-order chi connectivity index (χ1) is 21.3. The molecular weight excluding hydrogens is 585 g/mol. The lowest BCUT2D eigenvalue weighted by molar-refractivity contribution is -0.124. The van der Waals surface area contributed by atoms with Crippen LogP contribution in [0.4, 0.5) is 10.2 Å². The summed E-state index contributed by atoms with van der Waals surface area (Å²) >= 11 is 6.53. The highest BCUT2D eigenvalue weighted by molar-refractivity contribution is 6.36. The molecule has 5 aromatic rings. The molecule has 0 spiro atoms. The van der Waals surface area contributed by atoms with Gasteiger partial charge in [0.25, 0.3) is 5.89 Å². The van der Waals surface area contributed by atoms with E-state index in [2.05, 4.69) is 32.0 Å². The lowest BCUT2D eigenvalue weighted by atomic mass is 10.0. The molecule has 2 aliphatic rings. The molecule has 0 N–H and O–H groups in total. The average Bonchev–Trinajstić information content (AvgIpc) is 3.40. The fourth-order valence-corrected chi connectivity index (χ4v) is 5.98. The minimum atomic E-state index is -0.599. The Morgan fingerprint density at radius 1 is 1.20 bits per heavy atom. The van der Waals surface area contributed by atoms with Crippen molar-refractivity contribution >= 4 is 51.1 Å². The molecule has 1 amide bonds. The van der Waals surface area contributed by atoms with Crippen molar-refractivity contribution in [3.05, 3.63) is 71.2 Å². The van der Waals surface area contributed by atoms with E-state index in [0.29, 0.717) is 58.4 Å². The smallest absolute Gasteiger partial charge is 0.318 e. The summed E-state index contributed by atoms with van der Waals surface area (Å²) in [4.78, 5) is 34.6. The highest BCUT2D eigenvalue weighted by Crippen LogP contribution is 2.46. The van der Waals surface area contributed by atoms with Gasteiger partial charge in [0, 0.05) is 65.9 Å². The number of hydrogen-bond acceptors (Lipinski definition) is 9. The normalized spacial score (nSPS) is 17.6. The minimum Gasteiger partial charge on any atom is -0.467 e. The van der Waals surface area contributed by atoms with Crippen molar-refractivity contribution in [1.29, 1.82) is 0 Å². The molecule has 1 saturated heterocycles. The van der Waals surface area contributed by atoms with Crippen LogP contribution >= 0.6 is 11.6 Å². The fraction of sp³-hybridized carbons (Fsp3) is 0.312. The first kappa shape index (κ1) is 28.1. The number of anilines is 1. The monoisotopic (exact) mass is 613 g/mol. The van der Waals surface area contributed by atoms with Gasteiger partial charge in [0.05, 0.1) is 12.5 Å². The zero-order chi connectivity index (χ0) is 30.6. The van der Waals surface area contributed by atoms with Gasteiger partial charge in [-0.2, -0.15) is 15.0 Å². The number of carbonyl (C=O) groups excluding carboxylic acids is 1. The number of fused-ring (bicyclic) bond motifs is 2. The summed E-state index contributed by atoms with van der Waals surface area (Å²) < 4.78 is 26.9. The average molecular weight is 614 g/mol. The quantitative estimate of drug-likeness (QED) is 0.209. The first-order valence-corrected chi connectivity index (χ1v) is 14.8. The summed E-state index contributed by atoms with van der Waals surface area (Å²) in [6, 6.07) is 11.0. The predicted molar refractivity (Wildman–Crippen MR) is 165 cm³/mol. The SMILES string of the molecule is COc1nc(N(C)C2CCN(C(=O)/C=C/c3nc(C4(C)CC4)no3)C2)c2cnc(-c3cccc4cccc(Cl)c34)c(F)c2n1. The lowest BCUT2D eigenvalue weighted by Gasteiger charge is -2.27. The number of halogens is 2. The molecule has 7 rings (SSSR count). The second-order valence-corrected chi connectivity index (χ2v) is 12.0. The summed E-state index contributed by atoms with van der Waals surface area (Å²) in [6.07, 6.45) is 7.35. The third kappa shape index (κ3) is 4.90. The summed E-state index contributed by atoms with van der Waals surface area (Å²) in [5.41, 5.74) is 0.774. The minimum absolute atomic E-state index is 0.0101. The van der Waals surface area contributed by atoms with E-state index >= 15 is 4.39 Å². The van der Waals surface area contributed by atoms with Gasteiger partial charge in [-0.3, -0.25) is 9.78 Å². The van der Waals surface area contributed by atoms with Gasteiger partial charge in [-0.05, 0) is 30.7 Å². The molecule has 1 unspecified atom stereocenters. The Bertz CT molecular complexity index is 1950. The molecule has 2 aromatic carbocycles. The molecule has 4 heterocycles. The van der Waals surface area contributed by atoms with E-state index in [-0.39, 0.29) is 34.6 Å². The van der Waals surface area contributed by atoms with Crippen LogP contribution in [0, 0.1) is 5.82 Å². The van der Waals surface area contributed by atoms with Crippen LogP contribution < -0.4 is 9.64 Å². The van der Waals surface area contributed by atoms with Crippen molar-refractivity contribution in [2.75, 3.05) is 32.1 Å². The largest absolute Gasteiger partial charge is 0.467 e. The number of carbonyl (C=O) groups is 1. The van der Waals surface area contributed by atoms with E-state index in [1.807, 2.05) is 36.2 Å². The third-order valence-corrected chi connectivity index (χ3v) is 8.96. The molecule has 1 aliphatic carbocycles. The number of nitrogens with zero attached hydrogens (tertiary/aromatic N) is 7. The number of hydrogen-bond donors (Lipinski definition) is 0. The van der Waals surface area contributed by atoms with Gasteiger partial charge in [0.1, 0.15) is 17.0 Å². The molecule has 2 fully saturated rings. The Balaban J connectivity index is 1.16. The van der Waals surface area contributed by atoms with Crippen LogP contribution in [-0.4, -0.2) is 69.2 Å². The topological polar surface area (TPSA) is 110 Å². The molecule has 0 bridgehead atoms. The Hall–Kier alpha value is -4.64. The Labute approximate surface area is 257 Å². The lowest BCUT2D eigenvalue weighted by Crippen LogP contribution is -2.36. The molecule has 44 heavy (non-hydrogen) atoms. The van der Waals surface area contributed by atoms with Gasteiger partial charge in [-0.1, -0.05) is 54.0 Å². The van der Waals surface area contributed by atoms with E-state index in [1.54, 1.807) is 29.3 Å². The fourth-order valence-electron chi connectivity index (χ4n) is 5.70. The number of amides is 1. The molecule has 224 valence electrons. The van der Waals surface area contributed by atoms with Crippen molar-refractivity contribution in [2.45, 2.75) is 37.6 Å². The van der Waals surface area contributed by atoms with Crippen molar-refractivity contribution < 1.29 is 18.4 Å². The summed E-state index contributed by atoms with van der Waals surface area (Å²) in [6.45, 7) is 3.09. The van der Waals surface area contributed by atoms with Gasteiger partial charge < -0.3 is 19.1 Å². The number of aromatic nitrogens is 5. The summed E-state index contributed by atoms with van der Waals surface area (Å²) in [5.74, 6) is 0.697. The van der Waals surface area contributed by atoms with Gasteiger partial charge in [0.2, 0.25) is 5.91 Å². The zero-order valence-electron chi connectivity index (χ0n) is 24.4. The van der Waals surface area contributed by atoms with Crippen LogP contribution in [0.1, 0.15) is 37.9 Å². The number of benzene rings is 2. The van der Waals surface area contributed by atoms with E-state index in [9.17, 15) is 4.79 Å². The van der Waals surface area contributed by atoms with Gasteiger partial charge in [0.15, 0.2) is 11.6 Å². The highest BCUT2D eigenvalue weighted by Gasteiger charge is 2.43. The Morgan fingerprint density at radius 2 is 2.00 bits per heavy atom. The molecule has 1 saturated carbocycles. The number of rotatable bonds is 7. The predicted octanol–water partition coefficient (Wildman–Crippen LogP) is 5.83. The third-order valence-electron chi connectivity index (χ3n) is 8.64. The molecule has 10 nitrogen and oxygen atoms in total. The van der Waals surface area contributed by atoms with Crippen LogP contribution in [0.5, 0.6) is 6.01 Å². The number of pyridine rings is 1. The van der Waals surface area contributed by atoms with Crippen LogP contribution in [0.2, 0.25) is 5.02 Å². The first-order valence-electron chi connectivity index (χ1n) is 14.4. The highest BCUT2D eigenvalue weighted by atomic mass is 35.5. The molecular formula is C32H29ClFN7O3. The van der Waals surface area contributed by atoms with E-state index in [0.717, 1.165) is 18.2 Å². The molecule has 12 heteroatoms. The van der Waals surface area contributed by atoms with Crippen molar-refractivity contribution in [2.24, 2.45) is 0 Å². The molecule has 1 aliphatic heterocycles. The van der Waals surface area contributed by atoms with Crippen LogP contribution in [-0.2, 0) is 10.2 Å². The number of methoxy groups -OCH3 is 1. The van der Waals surface area contributed by atoms with Gasteiger partial charge in [-0.25, -0.2) is 4.39 Å². The standard InChI is InChI=1S/C32H29ClFN7O3/c1-32(13-14-32)30-36-23(44-39-30)10-11-24(42)41-15-12-19(17-41)40(2)29-21-16-35-27(26(34)28(21)37-31(38-29)43-3)20-8-4-6-18-7-5-9-22(33)25(18)20/h4-11,16,19H,12-15,17H2,1-3H3/b11-10+. The van der Waals surface area contributed by atoms with Crippen LogP contribution in [0.25, 0.3) is 39.0 Å². The number of ether oxygens (including phenoxy) is 1. The number of likely N-dealkylation sites (N-methyl/N-ethyl adjacent to an activating group) is 1. The molecule has 3 aromatic heterocycles. The summed E-state index contributed by atoms with van der Waals surface area (Å²) in [5, 5.41) is 6.57. The molecule has 0 radical (unpaired) electrons. The summed E-state index contributed by atoms with van der Waals surface area (Å²) in [7, 11) is 3.31. The van der Waals surface area contributed by atoms with Crippen molar-refractivity contribution in [3.63, 3.8) is 0 Å². The maximum Gasteiger partial charge on any atom is 0.318 e. The van der Waals surface area contributed by atoms with Crippen molar-refractivity contribution in [1.82, 2.24) is 30.0 Å². The maximum atomic E-state index is 16.3. The van der Waals surface area contributed by atoms with E-state index < -0.39 is 5.82 Å². The Kier molecular flexibility index (Phi) is 6.92. The second-order valence-electron chi connectivity index (χ2n) is 11.5. The maximum absolute atomic E-state index is 16.3. The van der Waals surface area contributed by atoms with Gasteiger partial charge in [-0.15, -0.1) is 0 Å². The van der Waals surface area contributed by atoms with E-state index in [4.69, 9.17) is 20.9 Å². The Morgan fingerprint density at radius 3 is 2.77 bits per heavy atom. The van der Waals surface area contributed by atoms with Crippen LogP contribution in [0.15, 0.2) is 53.2 Å².